The van der Waals surface area contributed by atoms with E-state index in [1.807, 2.05) is 48.5 Å². The van der Waals surface area contributed by atoms with Gasteiger partial charge < -0.3 is 11.1 Å². The molecule has 0 unspecified atom stereocenters. The predicted octanol–water partition coefficient (Wildman–Crippen LogP) is 3.29. The van der Waals surface area contributed by atoms with Crippen LogP contribution in [0.25, 0.3) is 11.1 Å². The summed E-state index contributed by atoms with van der Waals surface area (Å²) in [4.78, 5) is 24.9. The molecular weight excluding hydrogens is 374 g/mol. The Hall–Kier alpha value is -3.54. The molecule has 3 aromatic carbocycles. The van der Waals surface area contributed by atoms with Crippen molar-refractivity contribution in [2.75, 3.05) is 0 Å². The van der Waals surface area contributed by atoms with Crippen molar-refractivity contribution in [3.63, 3.8) is 0 Å². The van der Waals surface area contributed by atoms with Crippen molar-refractivity contribution in [1.29, 1.82) is 0 Å². The standard InChI is InChI=1S/C23H18F2N2O2/c24-18-10-9-13(11-19(18)25)12-20(28)27-22(23(26)29)21-16-7-3-1-5-14(16)15-6-2-4-8-17(15)21/h1-11,21-22H,12H2,(H2,26,29)(H,27,28)/t22-/m0/s1. The zero-order valence-electron chi connectivity index (χ0n) is 15.4. The lowest BCUT2D eigenvalue weighted by Gasteiger charge is -2.24. The van der Waals surface area contributed by atoms with Gasteiger partial charge in [0.05, 0.1) is 6.42 Å². The summed E-state index contributed by atoms with van der Waals surface area (Å²) < 4.78 is 26.5. The van der Waals surface area contributed by atoms with Crippen LogP contribution in [0.4, 0.5) is 8.78 Å². The molecule has 6 heteroatoms. The number of nitrogens with two attached hydrogens (primary N) is 1. The smallest absolute Gasteiger partial charge is 0.240 e. The van der Waals surface area contributed by atoms with Gasteiger partial charge in [-0.1, -0.05) is 54.6 Å². The highest BCUT2D eigenvalue weighted by molar-refractivity contribution is 5.91. The number of halogens is 2. The number of primary amides is 1. The Balaban J connectivity index is 1.64. The normalized spacial score (nSPS) is 13.4. The molecule has 0 bridgehead atoms. The molecule has 0 fully saturated rings. The molecule has 4 rings (SSSR count). The topological polar surface area (TPSA) is 72.2 Å². The highest BCUT2D eigenvalue weighted by Gasteiger charge is 2.37. The summed E-state index contributed by atoms with van der Waals surface area (Å²) >= 11 is 0. The van der Waals surface area contributed by atoms with Gasteiger partial charge in [0.1, 0.15) is 6.04 Å². The fourth-order valence-corrected chi connectivity index (χ4v) is 3.93. The van der Waals surface area contributed by atoms with Crippen molar-refractivity contribution in [3.05, 3.63) is 95.1 Å². The van der Waals surface area contributed by atoms with E-state index in [1.165, 1.54) is 6.07 Å². The lowest BCUT2D eigenvalue weighted by atomic mass is 9.88. The van der Waals surface area contributed by atoms with E-state index in [0.717, 1.165) is 34.4 Å². The van der Waals surface area contributed by atoms with Crippen LogP contribution in [0.2, 0.25) is 0 Å². The summed E-state index contributed by atoms with van der Waals surface area (Å²) in [5.41, 5.74) is 9.76. The van der Waals surface area contributed by atoms with Crippen molar-refractivity contribution >= 4 is 11.8 Å². The van der Waals surface area contributed by atoms with Crippen LogP contribution in [0.15, 0.2) is 66.7 Å². The highest BCUT2D eigenvalue weighted by Crippen LogP contribution is 2.46. The maximum Gasteiger partial charge on any atom is 0.240 e. The SMILES string of the molecule is NC(=O)[C@@H](NC(=O)Cc1ccc(F)c(F)c1)C1c2ccccc2-c2ccccc21. The number of hydrogen-bond acceptors (Lipinski definition) is 2. The van der Waals surface area contributed by atoms with Gasteiger partial charge in [-0.25, -0.2) is 8.78 Å². The van der Waals surface area contributed by atoms with Gasteiger partial charge in [0.2, 0.25) is 11.8 Å². The van der Waals surface area contributed by atoms with E-state index >= 15 is 0 Å². The number of carbonyl (C=O) groups excluding carboxylic acids is 2. The minimum atomic E-state index is -1.03. The van der Waals surface area contributed by atoms with Crippen LogP contribution in [0.3, 0.4) is 0 Å². The quantitative estimate of drug-likeness (QED) is 0.699. The number of fused-ring (bicyclic) bond motifs is 3. The predicted molar refractivity (Wildman–Crippen MR) is 105 cm³/mol. The molecule has 0 spiro atoms. The molecule has 4 nitrogen and oxygen atoms in total. The summed E-state index contributed by atoms with van der Waals surface area (Å²) in [6.07, 6.45) is -0.197. The third kappa shape index (κ3) is 3.49. The van der Waals surface area contributed by atoms with Crippen LogP contribution in [0.1, 0.15) is 22.6 Å². The molecule has 146 valence electrons. The second-order valence-electron chi connectivity index (χ2n) is 7.02. The molecule has 0 radical (unpaired) electrons. The van der Waals surface area contributed by atoms with E-state index in [0.29, 0.717) is 5.56 Å². The monoisotopic (exact) mass is 392 g/mol. The van der Waals surface area contributed by atoms with E-state index in [-0.39, 0.29) is 6.42 Å². The molecule has 2 amide bonds. The number of amides is 2. The first-order chi connectivity index (χ1) is 14.0. The van der Waals surface area contributed by atoms with Crippen molar-refractivity contribution in [2.45, 2.75) is 18.4 Å². The lowest BCUT2D eigenvalue weighted by Crippen LogP contribution is -2.48. The summed E-state index contributed by atoms with van der Waals surface area (Å²) in [6, 6.07) is 17.6. The van der Waals surface area contributed by atoms with Gasteiger partial charge in [-0.15, -0.1) is 0 Å². The molecule has 29 heavy (non-hydrogen) atoms. The highest BCUT2D eigenvalue weighted by atomic mass is 19.2. The average Bonchev–Trinajstić information content (AvgIpc) is 3.03. The molecule has 0 heterocycles. The van der Waals surface area contributed by atoms with Crippen LogP contribution < -0.4 is 11.1 Å². The number of benzene rings is 3. The van der Waals surface area contributed by atoms with E-state index < -0.39 is 35.4 Å². The summed E-state index contributed by atoms with van der Waals surface area (Å²) in [5, 5.41) is 2.69. The van der Waals surface area contributed by atoms with E-state index in [9.17, 15) is 18.4 Å². The number of hydrogen-bond donors (Lipinski definition) is 2. The second kappa shape index (κ2) is 7.47. The lowest BCUT2D eigenvalue weighted by molar-refractivity contribution is -0.127. The first kappa shape index (κ1) is 18.8. The molecule has 0 saturated heterocycles. The molecule has 1 atom stereocenters. The number of nitrogens with one attached hydrogen (secondary N) is 1. The van der Waals surface area contributed by atoms with Crippen LogP contribution in [0, 0.1) is 11.6 Å². The molecular formula is C23H18F2N2O2. The van der Waals surface area contributed by atoms with E-state index in [1.54, 1.807) is 0 Å². The van der Waals surface area contributed by atoms with Gasteiger partial charge in [0.25, 0.3) is 0 Å². The van der Waals surface area contributed by atoms with Crippen molar-refractivity contribution in [3.8, 4) is 11.1 Å². The fourth-order valence-electron chi connectivity index (χ4n) is 3.93. The molecule has 3 aromatic rings. The number of rotatable bonds is 5. The first-order valence-corrected chi connectivity index (χ1v) is 9.16. The molecule has 1 aliphatic carbocycles. The summed E-state index contributed by atoms with van der Waals surface area (Å²) in [7, 11) is 0. The molecule has 3 N–H and O–H groups in total. The molecule has 0 saturated carbocycles. The second-order valence-corrected chi connectivity index (χ2v) is 7.02. The van der Waals surface area contributed by atoms with Crippen molar-refractivity contribution in [1.82, 2.24) is 5.32 Å². The minimum Gasteiger partial charge on any atom is -0.368 e. The average molecular weight is 392 g/mol. The zero-order chi connectivity index (χ0) is 20.5. The maximum absolute atomic E-state index is 13.4. The minimum absolute atomic E-state index is 0.197. The van der Waals surface area contributed by atoms with Gasteiger partial charge in [0, 0.05) is 5.92 Å². The van der Waals surface area contributed by atoms with Gasteiger partial charge in [0.15, 0.2) is 11.6 Å². The van der Waals surface area contributed by atoms with Gasteiger partial charge in [-0.05, 0) is 39.9 Å². The molecule has 1 aliphatic rings. The third-order valence-corrected chi connectivity index (χ3v) is 5.19. The third-order valence-electron chi connectivity index (χ3n) is 5.19. The van der Waals surface area contributed by atoms with Crippen LogP contribution >= 0.6 is 0 Å². The summed E-state index contributed by atoms with van der Waals surface area (Å²) in [5.74, 6) is -3.60. The van der Waals surface area contributed by atoms with Crippen LogP contribution in [-0.4, -0.2) is 17.9 Å². The van der Waals surface area contributed by atoms with Crippen LogP contribution in [-0.2, 0) is 16.0 Å². The van der Waals surface area contributed by atoms with Crippen molar-refractivity contribution in [2.24, 2.45) is 5.73 Å². The molecule has 0 aliphatic heterocycles. The Bertz CT molecular complexity index is 1070. The largest absolute Gasteiger partial charge is 0.368 e. The Morgan fingerprint density at radius 2 is 1.48 bits per heavy atom. The van der Waals surface area contributed by atoms with E-state index in [2.05, 4.69) is 5.32 Å². The number of carbonyl (C=O) groups is 2. The van der Waals surface area contributed by atoms with Gasteiger partial charge >= 0.3 is 0 Å². The Kier molecular flexibility index (Phi) is 4.84. The van der Waals surface area contributed by atoms with Gasteiger partial charge in [-0.2, -0.15) is 0 Å². The molecule has 0 aromatic heterocycles. The van der Waals surface area contributed by atoms with Crippen molar-refractivity contribution < 1.29 is 18.4 Å². The van der Waals surface area contributed by atoms with E-state index in [4.69, 9.17) is 5.73 Å². The summed E-state index contributed by atoms with van der Waals surface area (Å²) in [6.45, 7) is 0. The van der Waals surface area contributed by atoms with Crippen LogP contribution in [0.5, 0.6) is 0 Å². The Morgan fingerprint density at radius 3 is 2.03 bits per heavy atom. The maximum atomic E-state index is 13.4. The van der Waals surface area contributed by atoms with Gasteiger partial charge in [-0.3, -0.25) is 9.59 Å². The zero-order valence-corrected chi connectivity index (χ0v) is 15.4. The Labute approximate surface area is 166 Å². The fraction of sp³-hybridized carbons (Fsp3) is 0.130. The Morgan fingerprint density at radius 1 is 0.897 bits per heavy atom. The first-order valence-electron chi connectivity index (χ1n) is 9.16.